The van der Waals surface area contributed by atoms with Crippen LogP contribution in [0, 0.1) is 11.7 Å². The number of benzene rings is 1. The molecule has 1 unspecified atom stereocenters. The summed E-state index contributed by atoms with van der Waals surface area (Å²) >= 11 is 0. The Balaban J connectivity index is 2.24. The van der Waals surface area contributed by atoms with Crippen LogP contribution in [0.5, 0.6) is 5.75 Å². The van der Waals surface area contributed by atoms with Crippen molar-refractivity contribution >= 4 is 21.6 Å². The van der Waals surface area contributed by atoms with Crippen LogP contribution in [0.3, 0.4) is 0 Å². The van der Waals surface area contributed by atoms with E-state index in [1.807, 2.05) is 0 Å². The molecule has 1 aromatic carbocycles. The minimum absolute atomic E-state index is 0.0942. The number of carbonyl (C=O) groups is 1. The molecule has 1 amide bonds. The number of sulfonamides is 1. The second-order valence-electron chi connectivity index (χ2n) is 4.72. The Morgan fingerprint density at radius 2 is 2.20 bits per heavy atom. The van der Waals surface area contributed by atoms with E-state index in [0.717, 1.165) is 0 Å². The van der Waals surface area contributed by atoms with E-state index >= 15 is 0 Å². The maximum atomic E-state index is 13.1. The molecule has 0 aromatic heterocycles. The van der Waals surface area contributed by atoms with Crippen molar-refractivity contribution < 1.29 is 22.3 Å². The van der Waals surface area contributed by atoms with Gasteiger partial charge in [0.25, 0.3) is 0 Å². The van der Waals surface area contributed by atoms with E-state index in [1.54, 1.807) is 0 Å². The zero-order chi connectivity index (χ0) is 14.9. The SMILES string of the molecule is COc1cc(F)ccc1N1CC(CS(N)(=O)=O)CC1=O. The fourth-order valence-electron chi connectivity index (χ4n) is 2.33. The largest absolute Gasteiger partial charge is 0.494 e. The standard InChI is InChI=1S/C12H15FN2O4S/c1-19-11-5-9(13)2-3-10(11)15-6-8(4-12(15)16)7-20(14,17)18/h2-3,5,8H,4,6-7H2,1H3,(H2,14,17,18). The van der Waals surface area contributed by atoms with Crippen molar-refractivity contribution in [2.24, 2.45) is 11.1 Å². The van der Waals surface area contributed by atoms with Crippen LogP contribution < -0.4 is 14.8 Å². The van der Waals surface area contributed by atoms with E-state index in [9.17, 15) is 17.6 Å². The summed E-state index contributed by atoms with van der Waals surface area (Å²) in [4.78, 5) is 13.4. The highest BCUT2D eigenvalue weighted by Crippen LogP contribution is 2.33. The second kappa shape index (κ2) is 5.37. The van der Waals surface area contributed by atoms with E-state index < -0.39 is 15.8 Å². The van der Waals surface area contributed by atoms with Crippen LogP contribution in [0.4, 0.5) is 10.1 Å². The highest BCUT2D eigenvalue weighted by Gasteiger charge is 2.34. The second-order valence-corrected chi connectivity index (χ2v) is 6.38. The Hall–Kier alpha value is -1.67. The highest BCUT2D eigenvalue weighted by atomic mass is 32.2. The van der Waals surface area contributed by atoms with E-state index in [4.69, 9.17) is 9.88 Å². The molecule has 20 heavy (non-hydrogen) atoms. The molecule has 110 valence electrons. The van der Waals surface area contributed by atoms with Gasteiger partial charge in [-0.05, 0) is 12.1 Å². The Morgan fingerprint density at radius 3 is 2.80 bits per heavy atom. The number of primary sulfonamides is 1. The molecular weight excluding hydrogens is 287 g/mol. The number of ether oxygens (including phenoxy) is 1. The number of carbonyl (C=O) groups excluding carboxylic acids is 1. The van der Waals surface area contributed by atoms with E-state index in [2.05, 4.69) is 0 Å². The number of anilines is 1. The summed E-state index contributed by atoms with van der Waals surface area (Å²) in [6.07, 6.45) is 0.0942. The number of nitrogens with two attached hydrogens (primary N) is 1. The molecule has 0 aliphatic carbocycles. The van der Waals surface area contributed by atoms with Gasteiger partial charge in [0.2, 0.25) is 15.9 Å². The van der Waals surface area contributed by atoms with Crippen LogP contribution in [0.25, 0.3) is 0 Å². The number of amides is 1. The molecule has 0 radical (unpaired) electrons. The van der Waals surface area contributed by atoms with Gasteiger partial charge in [-0.1, -0.05) is 0 Å². The molecular formula is C12H15FN2O4S. The van der Waals surface area contributed by atoms with Crippen molar-refractivity contribution in [1.82, 2.24) is 0 Å². The monoisotopic (exact) mass is 302 g/mol. The number of halogens is 1. The molecule has 0 saturated carbocycles. The van der Waals surface area contributed by atoms with Gasteiger partial charge in [0, 0.05) is 24.9 Å². The van der Waals surface area contributed by atoms with Crippen molar-refractivity contribution in [2.45, 2.75) is 6.42 Å². The predicted molar refractivity (Wildman–Crippen MR) is 71.4 cm³/mol. The molecule has 0 bridgehead atoms. The first-order valence-electron chi connectivity index (χ1n) is 5.94. The summed E-state index contributed by atoms with van der Waals surface area (Å²) < 4.78 is 40.3. The molecule has 1 fully saturated rings. The highest BCUT2D eigenvalue weighted by molar-refractivity contribution is 7.89. The van der Waals surface area contributed by atoms with Crippen LogP contribution in [0.15, 0.2) is 18.2 Å². The third-order valence-corrected chi connectivity index (χ3v) is 4.04. The van der Waals surface area contributed by atoms with Crippen molar-refractivity contribution in [1.29, 1.82) is 0 Å². The molecule has 1 saturated heterocycles. The van der Waals surface area contributed by atoms with Gasteiger partial charge in [-0.3, -0.25) is 4.79 Å². The van der Waals surface area contributed by atoms with E-state index in [0.29, 0.717) is 5.69 Å². The van der Waals surface area contributed by atoms with E-state index in [-0.39, 0.29) is 36.3 Å². The van der Waals surface area contributed by atoms with Gasteiger partial charge in [-0.15, -0.1) is 0 Å². The van der Waals surface area contributed by atoms with E-state index in [1.165, 1.54) is 30.2 Å². The average molecular weight is 302 g/mol. The van der Waals surface area contributed by atoms with Gasteiger partial charge in [0.1, 0.15) is 11.6 Å². The lowest BCUT2D eigenvalue weighted by Gasteiger charge is -2.19. The van der Waals surface area contributed by atoms with Gasteiger partial charge in [-0.25, -0.2) is 17.9 Å². The van der Waals surface area contributed by atoms with Crippen molar-refractivity contribution in [3.63, 3.8) is 0 Å². The van der Waals surface area contributed by atoms with Crippen molar-refractivity contribution in [3.8, 4) is 5.75 Å². The first-order chi connectivity index (χ1) is 9.30. The summed E-state index contributed by atoms with van der Waals surface area (Å²) in [5, 5.41) is 4.99. The average Bonchev–Trinajstić information content (AvgIpc) is 2.67. The molecule has 1 aromatic rings. The van der Waals surface area contributed by atoms with Gasteiger partial charge in [0.15, 0.2) is 0 Å². The molecule has 2 rings (SSSR count). The molecule has 8 heteroatoms. The Kier molecular flexibility index (Phi) is 3.96. The predicted octanol–water partition coefficient (Wildman–Crippen LogP) is 0.476. The topological polar surface area (TPSA) is 89.7 Å². The Bertz CT molecular complexity index is 632. The maximum absolute atomic E-state index is 13.1. The van der Waals surface area contributed by atoms with Crippen LogP contribution in [0.1, 0.15) is 6.42 Å². The van der Waals surface area contributed by atoms with Crippen molar-refractivity contribution in [3.05, 3.63) is 24.0 Å². The van der Waals surface area contributed by atoms with Crippen molar-refractivity contribution in [2.75, 3.05) is 24.3 Å². The summed E-state index contributed by atoms with van der Waals surface area (Å²) in [5.74, 6) is -1.09. The summed E-state index contributed by atoms with van der Waals surface area (Å²) in [6, 6.07) is 3.83. The third-order valence-electron chi connectivity index (χ3n) is 3.11. The minimum Gasteiger partial charge on any atom is -0.494 e. The normalized spacial score (nSPS) is 19.4. The molecule has 2 N–H and O–H groups in total. The van der Waals surface area contributed by atoms with Gasteiger partial charge in [-0.2, -0.15) is 0 Å². The smallest absolute Gasteiger partial charge is 0.227 e. The van der Waals surface area contributed by atoms with Crippen LogP contribution in [0.2, 0.25) is 0 Å². The number of hydrogen-bond acceptors (Lipinski definition) is 4. The zero-order valence-corrected chi connectivity index (χ0v) is 11.7. The fraction of sp³-hybridized carbons (Fsp3) is 0.417. The van der Waals surface area contributed by atoms with Crippen LogP contribution in [-0.4, -0.2) is 33.7 Å². The number of methoxy groups -OCH3 is 1. The Morgan fingerprint density at radius 1 is 1.50 bits per heavy atom. The first-order valence-corrected chi connectivity index (χ1v) is 7.66. The van der Waals surface area contributed by atoms with Crippen LogP contribution >= 0.6 is 0 Å². The lowest BCUT2D eigenvalue weighted by atomic mass is 10.1. The minimum atomic E-state index is -3.63. The van der Waals surface area contributed by atoms with Gasteiger partial charge >= 0.3 is 0 Å². The molecule has 1 heterocycles. The lowest BCUT2D eigenvalue weighted by Crippen LogP contribution is -2.27. The number of rotatable bonds is 4. The molecule has 1 aliphatic rings. The molecule has 6 nitrogen and oxygen atoms in total. The van der Waals surface area contributed by atoms with Gasteiger partial charge < -0.3 is 9.64 Å². The Labute approximate surface area is 116 Å². The lowest BCUT2D eigenvalue weighted by molar-refractivity contribution is -0.117. The molecule has 1 atom stereocenters. The number of hydrogen-bond donors (Lipinski definition) is 1. The summed E-state index contributed by atoms with van der Waals surface area (Å²) in [6.45, 7) is 0.219. The maximum Gasteiger partial charge on any atom is 0.227 e. The third kappa shape index (κ3) is 3.26. The summed E-state index contributed by atoms with van der Waals surface area (Å²) in [7, 11) is -2.25. The summed E-state index contributed by atoms with van der Waals surface area (Å²) in [5.41, 5.74) is 0.427. The quantitative estimate of drug-likeness (QED) is 0.875. The zero-order valence-electron chi connectivity index (χ0n) is 10.9. The molecule has 0 spiro atoms. The van der Waals surface area contributed by atoms with Gasteiger partial charge in [0.05, 0.1) is 18.6 Å². The van der Waals surface area contributed by atoms with Crippen LogP contribution in [-0.2, 0) is 14.8 Å². The first kappa shape index (κ1) is 14.7. The molecule has 1 aliphatic heterocycles. The fourth-order valence-corrected chi connectivity index (χ4v) is 3.21. The number of nitrogens with zero attached hydrogens (tertiary/aromatic N) is 1.